The summed E-state index contributed by atoms with van der Waals surface area (Å²) in [5, 5.41) is 7.32. The summed E-state index contributed by atoms with van der Waals surface area (Å²) in [5.41, 5.74) is 2.60. The van der Waals surface area contributed by atoms with Gasteiger partial charge in [-0.25, -0.2) is 0 Å². The molecule has 0 aliphatic heterocycles. The molecule has 1 N–H and O–H groups in total. The molecule has 0 aliphatic rings. The Morgan fingerprint density at radius 1 is 1.12 bits per heavy atom. The molecule has 8 nitrogen and oxygen atoms in total. The van der Waals surface area contributed by atoms with Gasteiger partial charge in [-0.05, 0) is 32.4 Å². The molecule has 0 saturated heterocycles. The molecule has 4 rings (SSSR count). The monoisotopic (exact) mass is 431 g/mol. The Kier molecular flexibility index (Phi) is 6.02. The van der Waals surface area contributed by atoms with Gasteiger partial charge in [0.2, 0.25) is 11.7 Å². The molecule has 0 radical (unpaired) electrons. The highest BCUT2D eigenvalue weighted by molar-refractivity contribution is 5.91. The Morgan fingerprint density at radius 3 is 2.62 bits per heavy atom. The first-order chi connectivity index (χ1) is 15.5. The average Bonchev–Trinajstić information content (AvgIpc) is 3.25. The number of hydrogen-bond donors (Lipinski definition) is 1. The third-order valence-electron chi connectivity index (χ3n) is 5.43. The van der Waals surface area contributed by atoms with Crippen LogP contribution in [0.3, 0.4) is 0 Å². The van der Waals surface area contributed by atoms with Crippen LogP contribution in [0, 0.1) is 6.92 Å². The summed E-state index contributed by atoms with van der Waals surface area (Å²) < 4.78 is 8.48. The van der Waals surface area contributed by atoms with Gasteiger partial charge in [0, 0.05) is 41.5 Å². The van der Waals surface area contributed by atoms with E-state index in [0.717, 1.165) is 11.3 Å². The van der Waals surface area contributed by atoms with E-state index < -0.39 is 0 Å². The number of aryl methyl sites for hydroxylation is 1. The number of hydrogen-bond acceptors (Lipinski definition) is 5. The zero-order valence-electron chi connectivity index (χ0n) is 18.3. The van der Waals surface area contributed by atoms with E-state index in [1.807, 2.05) is 60.9 Å². The van der Waals surface area contributed by atoms with Gasteiger partial charge in [-0.3, -0.25) is 9.59 Å². The van der Waals surface area contributed by atoms with Crippen LogP contribution in [0.4, 0.5) is 5.69 Å². The number of fused-ring (bicyclic) bond motifs is 1. The number of nitrogens with one attached hydrogen (secondary N) is 1. The number of methoxy groups -OCH3 is 1. The van der Waals surface area contributed by atoms with E-state index >= 15 is 0 Å². The Hall–Kier alpha value is -3.94. The first-order valence-electron chi connectivity index (χ1n) is 10.5. The van der Waals surface area contributed by atoms with Crippen molar-refractivity contribution in [3.8, 4) is 17.1 Å². The fourth-order valence-corrected chi connectivity index (χ4v) is 3.75. The molecular formula is C24H25N5O3. The molecular weight excluding hydrogens is 406 g/mol. The van der Waals surface area contributed by atoms with E-state index in [9.17, 15) is 9.59 Å². The van der Waals surface area contributed by atoms with Crippen molar-refractivity contribution in [2.75, 3.05) is 12.4 Å². The summed E-state index contributed by atoms with van der Waals surface area (Å²) in [7, 11) is 1.58. The number of benzene rings is 2. The lowest BCUT2D eigenvalue weighted by Crippen LogP contribution is -2.27. The van der Waals surface area contributed by atoms with Gasteiger partial charge in [0.05, 0.1) is 7.11 Å². The van der Waals surface area contributed by atoms with Gasteiger partial charge in [-0.2, -0.15) is 9.50 Å². The fourth-order valence-electron chi connectivity index (χ4n) is 3.75. The number of amides is 1. The topological polar surface area (TPSA) is 90.5 Å². The van der Waals surface area contributed by atoms with Crippen molar-refractivity contribution in [2.45, 2.75) is 33.2 Å². The summed E-state index contributed by atoms with van der Waals surface area (Å²) in [6.07, 6.45) is 0.472. The minimum Gasteiger partial charge on any atom is -0.497 e. The van der Waals surface area contributed by atoms with Crippen molar-refractivity contribution in [3.05, 3.63) is 76.2 Å². The molecule has 2 heterocycles. The van der Waals surface area contributed by atoms with E-state index in [-0.39, 0.29) is 17.9 Å². The first-order valence-corrected chi connectivity index (χ1v) is 10.5. The van der Waals surface area contributed by atoms with Gasteiger partial charge in [0.1, 0.15) is 5.75 Å². The summed E-state index contributed by atoms with van der Waals surface area (Å²) in [5.74, 6) is 1.48. The molecule has 2 aromatic carbocycles. The van der Waals surface area contributed by atoms with Crippen molar-refractivity contribution in [2.24, 2.45) is 0 Å². The van der Waals surface area contributed by atoms with Gasteiger partial charge in [0.15, 0.2) is 5.82 Å². The van der Waals surface area contributed by atoms with Crippen molar-refractivity contribution >= 4 is 17.4 Å². The van der Waals surface area contributed by atoms with E-state index in [1.165, 1.54) is 4.52 Å². The molecule has 0 fully saturated rings. The Labute approximate surface area is 185 Å². The Bertz CT molecular complexity index is 1320. The molecule has 164 valence electrons. The fraction of sp³-hybridized carbons (Fsp3) is 0.250. The molecule has 0 saturated carbocycles. The quantitative estimate of drug-likeness (QED) is 0.484. The lowest BCUT2D eigenvalue weighted by Gasteiger charge is -2.13. The summed E-state index contributed by atoms with van der Waals surface area (Å²) in [4.78, 5) is 30.3. The van der Waals surface area contributed by atoms with Crippen molar-refractivity contribution in [1.82, 2.24) is 19.2 Å². The molecule has 0 spiro atoms. The molecule has 1 amide bonds. The molecule has 2 aromatic heterocycles. The minimum atomic E-state index is -0.244. The molecule has 32 heavy (non-hydrogen) atoms. The standard InChI is InChI=1S/C24H25N5O3/c1-4-28-16(2)20(13-14-21(30)25-18-11-8-12-19(15-18)32-3)23(31)29-24(28)26-22(27-29)17-9-6-5-7-10-17/h5-12,15H,4,13-14H2,1-3H3,(H,25,30). The summed E-state index contributed by atoms with van der Waals surface area (Å²) in [6.45, 7) is 4.51. The van der Waals surface area contributed by atoms with Crippen LogP contribution in [0.25, 0.3) is 17.2 Å². The van der Waals surface area contributed by atoms with Crippen LogP contribution in [0.1, 0.15) is 24.6 Å². The third kappa shape index (κ3) is 4.12. The zero-order chi connectivity index (χ0) is 22.7. The van der Waals surface area contributed by atoms with E-state index in [2.05, 4.69) is 15.4 Å². The van der Waals surface area contributed by atoms with E-state index in [1.54, 1.807) is 19.2 Å². The lowest BCUT2D eigenvalue weighted by atomic mass is 10.1. The van der Waals surface area contributed by atoms with Crippen LogP contribution >= 0.6 is 0 Å². The molecule has 4 aromatic rings. The maximum absolute atomic E-state index is 13.2. The highest BCUT2D eigenvalue weighted by atomic mass is 16.5. The number of carbonyl (C=O) groups is 1. The second-order valence-electron chi connectivity index (χ2n) is 7.41. The number of nitrogens with zero attached hydrogens (tertiary/aromatic N) is 4. The highest BCUT2D eigenvalue weighted by Crippen LogP contribution is 2.19. The van der Waals surface area contributed by atoms with E-state index in [4.69, 9.17) is 4.74 Å². The molecule has 0 atom stereocenters. The number of rotatable bonds is 7. The number of carbonyl (C=O) groups excluding carboxylic acids is 1. The largest absolute Gasteiger partial charge is 0.497 e. The first kappa shape index (κ1) is 21.3. The number of anilines is 1. The van der Waals surface area contributed by atoms with Crippen molar-refractivity contribution in [1.29, 1.82) is 0 Å². The number of ether oxygens (including phenoxy) is 1. The summed E-state index contributed by atoms with van der Waals surface area (Å²) in [6, 6.07) is 16.7. The zero-order valence-corrected chi connectivity index (χ0v) is 18.3. The van der Waals surface area contributed by atoms with Gasteiger partial charge >= 0.3 is 0 Å². The van der Waals surface area contributed by atoms with E-state index in [0.29, 0.717) is 41.6 Å². The van der Waals surface area contributed by atoms with Crippen LogP contribution in [0.5, 0.6) is 5.75 Å². The minimum absolute atomic E-state index is 0.169. The Balaban J connectivity index is 1.62. The van der Waals surface area contributed by atoms with Gasteiger partial charge in [-0.15, -0.1) is 5.10 Å². The van der Waals surface area contributed by atoms with Crippen LogP contribution in [0.2, 0.25) is 0 Å². The SMILES string of the molecule is CCn1c(C)c(CCC(=O)Nc2cccc(OC)c2)c(=O)n2nc(-c3ccccc3)nc12. The van der Waals surface area contributed by atoms with Crippen molar-refractivity contribution < 1.29 is 9.53 Å². The molecule has 0 bridgehead atoms. The summed E-state index contributed by atoms with van der Waals surface area (Å²) >= 11 is 0. The van der Waals surface area contributed by atoms with Crippen LogP contribution in [0.15, 0.2) is 59.4 Å². The average molecular weight is 431 g/mol. The van der Waals surface area contributed by atoms with Gasteiger partial charge in [0.25, 0.3) is 5.56 Å². The van der Waals surface area contributed by atoms with Gasteiger partial charge in [-0.1, -0.05) is 36.4 Å². The lowest BCUT2D eigenvalue weighted by molar-refractivity contribution is -0.116. The smallest absolute Gasteiger partial charge is 0.279 e. The maximum Gasteiger partial charge on any atom is 0.279 e. The van der Waals surface area contributed by atoms with Crippen molar-refractivity contribution in [3.63, 3.8) is 0 Å². The second-order valence-corrected chi connectivity index (χ2v) is 7.41. The van der Waals surface area contributed by atoms with Gasteiger partial charge < -0.3 is 14.6 Å². The predicted octanol–water partition coefficient (Wildman–Crippen LogP) is 3.47. The Morgan fingerprint density at radius 2 is 1.91 bits per heavy atom. The molecule has 0 unspecified atom stereocenters. The highest BCUT2D eigenvalue weighted by Gasteiger charge is 2.18. The third-order valence-corrected chi connectivity index (χ3v) is 5.43. The molecule has 8 heteroatoms. The van der Waals surface area contributed by atoms with Crippen LogP contribution < -0.4 is 15.6 Å². The van der Waals surface area contributed by atoms with Crippen LogP contribution in [-0.4, -0.2) is 32.2 Å². The van der Waals surface area contributed by atoms with Crippen LogP contribution in [-0.2, 0) is 17.8 Å². The number of aromatic nitrogens is 4. The molecule has 0 aliphatic carbocycles. The predicted molar refractivity (Wildman–Crippen MR) is 123 cm³/mol. The second kappa shape index (κ2) is 9.05. The normalized spacial score (nSPS) is 11.0. The maximum atomic E-state index is 13.2.